The molecule has 0 aliphatic carbocycles. The van der Waals surface area contributed by atoms with Crippen LogP contribution in [0, 0.1) is 5.41 Å². The number of rotatable bonds is 0. The highest BCUT2D eigenvalue weighted by Crippen LogP contribution is 2.26. The summed E-state index contributed by atoms with van der Waals surface area (Å²) in [4.78, 5) is 11.3. The summed E-state index contributed by atoms with van der Waals surface area (Å²) in [6.07, 6.45) is 0.884. The van der Waals surface area contributed by atoms with Crippen LogP contribution in [0.25, 0.3) is 0 Å². The van der Waals surface area contributed by atoms with Crippen molar-refractivity contribution in [2.45, 2.75) is 13.3 Å². The molecule has 1 fully saturated rings. The number of carbonyl (C=O) groups is 1. The molecule has 11 heavy (non-hydrogen) atoms. The lowest BCUT2D eigenvalue weighted by atomic mass is 9.81. The third-order valence-electron chi connectivity index (χ3n) is 2.45. The van der Waals surface area contributed by atoms with Gasteiger partial charge in [-0.15, -0.1) is 0 Å². The minimum Gasteiger partial charge on any atom is -0.315 e. The lowest BCUT2D eigenvalue weighted by Gasteiger charge is -2.27. The molecule has 4 nitrogen and oxygen atoms in total. The molecule has 2 aliphatic rings. The van der Waals surface area contributed by atoms with Crippen LogP contribution in [0.4, 0.5) is 0 Å². The van der Waals surface area contributed by atoms with Gasteiger partial charge in [0.05, 0.1) is 5.71 Å². The molecule has 0 radical (unpaired) electrons. The van der Waals surface area contributed by atoms with Gasteiger partial charge in [-0.05, 0) is 6.92 Å². The van der Waals surface area contributed by atoms with Crippen molar-refractivity contribution in [2.24, 2.45) is 10.5 Å². The molecule has 0 spiro atoms. The predicted molar refractivity (Wildman–Crippen MR) is 41.2 cm³/mol. The quantitative estimate of drug-likeness (QED) is 0.491. The van der Waals surface area contributed by atoms with Gasteiger partial charge in [0.1, 0.15) is 5.41 Å². The second-order valence-electron chi connectivity index (χ2n) is 3.26. The van der Waals surface area contributed by atoms with E-state index in [0.29, 0.717) is 0 Å². The number of hydrogen-bond acceptors (Lipinski definition) is 3. The molecule has 1 unspecified atom stereocenters. The molecular weight excluding hydrogens is 142 g/mol. The SMILES string of the molecule is CC12CNCCC1=NNC2=O. The van der Waals surface area contributed by atoms with E-state index in [-0.39, 0.29) is 11.3 Å². The Morgan fingerprint density at radius 2 is 2.45 bits per heavy atom. The normalized spacial score (nSPS) is 36.1. The molecule has 2 aliphatic heterocycles. The van der Waals surface area contributed by atoms with Gasteiger partial charge in [-0.3, -0.25) is 4.79 Å². The van der Waals surface area contributed by atoms with Crippen molar-refractivity contribution in [3.05, 3.63) is 0 Å². The van der Waals surface area contributed by atoms with Crippen molar-refractivity contribution >= 4 is 11.6 Å². The average molecular weight is 153 g/mol. The van der Waals surface area contributed by atoms with Gasteiger partial charge in [-0.25, -0.2) is 5.43 Å². The first-order chi connectivity index (χ1) is 5.23. The zero-order chi connectivity index (χ0) is 7.90. The van der Waals surface area contributed by atoms with Crippen molar-refractivity contribution in [1.29, 1.82) is 0 Å². The van der Waals surface area contributed by atoms with Crippen LogP contribution in [0.3, 0.4) is 0 Å². The van der Waals surface area contributed by atoms with Crippen molar-refractivity contribution in [3.63, 3.8) is 0 Å². The number of carbonyl (C=O) groups excluding carboxylic acids is 1. The second-order valence-corrected chi connectivity index (χ2v) is 3.26. The van der Waals surface area contributed by atoms with Crippen molar-refractivity contribution < 1.29 is 4.79 Å². The maximum absolute atomic E-state index is 11.3. The first-order valence-electron chi connectivity index (χ1n) is 3.82. The Morgan fingerprint density at radius 3 is 3.18 bits per heavy atom. The Labute approximate surface area is 65.0 Å². The Hall–Kier alpha value is -0.900. The third kappa shape index (κ3) is 0.790. The van der Waals surface area contributed by atoms with E-state index in [4.69, 9.17) is 0 Å². The molecule has 2 N–H and O–H groups in total. The molecule has 4 heteroatoms. The summed E-state index contributed by atoms with van der Waals surface area (Å²) >= 11 is 0. The maximum atomic E-state index is 11.3. The van der Waals surface area contributed by atoms with Gasteiger partial charge in [0.2, 0.25) is 0 Å². The molecule has 1 amide bonds. The number of hydrazone groups is 1. The minimum absolute atomic E-state index is 0.0275. The standard InChI is InChI=1S/C7H11N3O/c1-7-4-8-3-2-5(7)9-10-6(7)11/h8H,2-4H2,1H3,(H,10,11). The number of amides is 1. The predicted octanol–water partition coefficient (Wildman–Crippen LogP) is -0.528. The minimum atomic E-state index is -0.363. The number of fused-ring (bicyclic) bond motifs is 1. The van der Waals surface area contributed by atoms with E-state index in [1.165, 1.54) is 0 Å². The lowest BCUT2D eigenvalue weighted by Crippen LogP contribution is -2.48. The fourth-order valence-corrected chi connectivity index (χ4v) is 1.56. The van der Waals surface area contributed by atoms with Gasteiger partial charge in [-0.1, -0.05) is 0 Å². The van der Waals surface area contributed by atoms with Gasteiger partial charge < -0.3 is 5.32 Å². The number of nitrogens with zero attached hydrogens (tertiary/aromatic N) is 1. The number of hydrogen-bond donors (Lipinski definition) is 2. The van der Waals surface area contributed by atoms with E-state index in [1.807, 2.05) is 6.92 Å². The van der Waals surface area contributed by atoms with Crippen LogP contribution >= 0.6 is 0 Å². The smallest absolute Gasteiger partial charge is 0.253 e. The van der Waals surface area contributed by atoms with Crippen LogP contribution in [-0.4, -0.2) is 24.7 Å². The molecule has 2 heterocycles. The van der Waals surface area contributed by atoms with Crippen LogP contribution in [0.1, 0.15) is 13.3 Å². The van der Waals surface area contributed by atoms with Gasteiger partial charge >= 0.3 is 0 Å². The van der Waals surface area contributed by atoms with Crippen LogP contribution < -0.4 is 10.7 Å². The van der Waals surface area contributed by atoms with Gasteiger partial charge in [0.25, 0.3) is 5.91 Å². The summed E-state index contributed by atoms with van der Waals surface area (Å²) in [5.41, 5.74) is 3.15. The van der Waals surface area contributed by atoms with Crippen molar-refractivity contribution in [2.75, 3.05) is 13.1 Å². The van der Waals surface area contributed by atoms with Gasteiger partial charge in [0.15, 0.2) is 0 Å². The van der Waals surface area contributed by atoms with Crippen LogP contribution in [0.2, 0.25) is 0 Å². The Kier molecular flexibility index (Phi) is 1.26. The molecule has 1 atom stereocenters. The average Bonchev–Trinajstić information content (AvgIpc) is 2.29. The zero-order valence-corrected chi connectivity index (χ0v) is 6.48. The van der Waals surface area contributed by atoms with Crippen LogP contribution in [0.5, 0.6) is 0 Å². The Morgan fingerprint density at radius 1 is 1.64 bits per heavy atom. The largest absolute Gasteiger partial charge is 0.315 e. The van der Waals surface area contributed by atoms with Crippen molar-refractivity contribution in [1.82, 2.24) is 10.7 Å². The molecule has 2 rings (SSSR count). The third-order valence-corrected chi connectivity index (χ3v) is 2.45. The van der Waals surface area contributed by atoms with Crippen molar-refractivity contribution in [3.8, 4) is 0 Å². The second kappa shape index (κ2) is 2.04. The van der Waals surface area contributed by atoms with E-state index in [2.05, 4.69) is 15.8 Å². The fraction of sp³-hybridized carbons (Fsp3) is 0.714. The zero-order valence-electron chi connectivity index (χ0n) is 6.48. The fourth-order valence-electron chi connectivity index (χ4n) is 1.56. The lowest BCUT2D eigenvalue weighted by molar-refractivity contribution is -0.125. The summed E-state index contributed by atoms with van der Waals surface area (Å²) in [6, 6.07) is 0. The highest BCUT2D eigenvalue weighted by Gasteiger charge is 2.44. The maximum Gasteiger partial charge on any atom is 0.253 e. The molecule has 0 aromatic rings. The summed E-state index contributed by atoms with van der Waals surface area (Å²) in [5.74, 6) is 0.0275. The topological polar surface area (TPSA) is 53.5 Å². The summed E-state index contributed by atoms with van der Waals surface area (Å²) < 4.78 is 0. The van der Waals surface area contributed by atoms with Crippen LogP contribution in [-0.2, 0) is 4.79 Å². The molecular formula is C7H11N3O. The molecule has 0 bridgehead atoms. The molecule has 1 saturated heterocycles. The highest BCUT2D eigenvalue weighted by molar-refractivity contribution is 6.12. The summed E-state index contributed by atoms with van der Waals surface area (Å²) in [7, 11) is 0. The Balaban J connectivity index is 2.32. The number of piperidine rings is 1. The van der Waals surface area contributed by atoms with Gasteiger partial charge in [0, 0.05) is 19.5 Å². The summed E-state index contributed by atoms with van der Waals surface area (Å²) in [5, 5.41) is 7.17. The number of nitrogens with one attached hydrogen (secondary N) is 2. The highest BCUT2D eigenvalue weighted by atomic mass is 16.2. The Bertz CT molecular complexity index is 236. The molecule has 0 aromatic carbocycles. The van der Waals surface area contributed by atoms with Gasteiger partial charge in [-0.2, -0.15) is 5.10 Å². The molecule has 0 aromatic heterocycles. The van der Waals surface area contributed by atoms with E-state index in [0.717, 1.165) is 25.2 Å². The molecule has 0 saturated carbocycles. The van der Waals surface area contributed by atoms with E-state index < -0.39 is 0 Å². The monoisotopic (exact) mass is 153 g/mol. The van der Waals surface area contributed by atoms with E-state index >= 15 is 0 Å². The van der Waals surface area contributed by atoms with E-state index in [9.17, 15) is 4.79 Å². The molecule has 60 valence electrons. The van der Waals surface area contributed by atoms with Crippen LogP contribution in [0.15, 0.2) is 5.10 Å². The first kappa shape index (κ1) is 6.79. The summed E-state index contributed by atoms with van der Waals surface area (Å²) in [6.45, 7) is 3.58. The first-order valence-corrected chi connectivity index (χ1v) is 3.82. The van der Waals surface area contributed by atoms with E-state index in [1.54, 1.807) is 0 Å².